The molecule has 0 bridgehead atoms. The number of pyridine rings is 1. The molecule has 2 aromatic carbocycles. The maximum Gasteiger partial charge on any atom is 0.253 e. The predicted molar refractivity (Wildman–Crippen MR) is 166 cm³/mol. The molecule has 0 saturated carbocycles. The summed E-state index contributed by atoms with van der Waals surface area (Å²) in [6.45, 7) is 3.42. The molecule has 0 saturated heterocycles. The zero-order chi connectivity index (χ0) is 29.6. The lowest BCUT2D eigenvalue weighted by Crippen LogP contribution is -2.38. The van der Waals surface area contributed by atoms with E-state index in [-0.39, 0.29) is 5.91 Å². The second kappa shape index (κ2) is 10.6. The number of hydrogen-bond donors (Lipinski definition) is 1. The van der Waals surface area contributed by atoms with Gasteiger partial charge in [-0.2, -0.15) is 0 Å². The van der Waals surface area contributed by atoms with Gasteiger partial charge in [0, 0.05) is 49.5 Å². The van der Waals surface area contributed by atoms with E-state index in [4.69, 9.17) is 4.74 Å². The third-order valence-electron chi connectivity index (χ3n) is 8.23. The molecular formula is C33H34N4O4S. The van der Waals surface area contributed by atoms with Gasteiger partial charge in [-0.15, -0.1) is 0 Å². The van der Waals surface area contributed by atoms with Gasteiger partial charge in [0.15, 0.2) is 5.65 Å². The molecule has 2 aliphatic rings. The molecule has 0 radical (unpaired) electrons. The van der Waals surface area contributed by atoms with E-state index in [0.717, 1.165) is 52.9 Å². The van der Waals surface area contributed by atoms with Gasteiger partial charge >= 0.3 is 0 Å². The third kappa shape index (κ3) is 4.62. The molecule has 9 heteroatoms. The van der Waals surface area contributed by atoms with Crippen molar-refractivity contribution in [2.45, 2.75) is 31.1 Å². The highest BCUT2D eigenvalue weighted by Gasteiger charge is 2.41. The number of amides is 1. The van der Waals surface area contributed by atoms with Gasteiger partial charge in [-0.05, 0) is 90.5 Å². The fourth-order valence-corrected chi connectivity index (χ4v) is 7.51. The Hall–Kier alpha value is -4.21. The lowest BCUT2D eigenvalue weighted by molar-refractivity contribution is 0.0827. The van der Waals surface area contributed by atoms with E-state index in [1.807, 2.05) is 42.5 Å². The summed E-state index contributed by atoms with van der Waals surface area (Å²) in [5.74, 6) is 0.735. The summed E-state index contributed by atoms with van der Waals surface area (Å²) in [6.07, 6.45) is 10.3. The van der Waals surface area contributed by atoms with Crippen LogP contribution < -0.4 is 10.1 Å². The fraction of sp³-hybridized carbons (Fsp3) is 0.273. The number of aromatic nitrogens is 2. The van der Waals surface area contributed by atoms with Crippen molar-refractivity contribution >= 4 is 32.5 Å². The van der Waals surface area contributed by atoms with Crippen LogP contribution in [0.15, 0.2) is 79.2 Å². The minimum absolute atomic E-state index is 0.0955. The first-order valence-corrected chi connectivity index (χ1v) is 15.4. The fourth-order valence-electron chi connectivity index (χ4n) is 5.86. The SMILES string of the molecule is COc1cc(C2=CC(C)(S(=O)(=O)n3cc(-c4ccc(C(=O)N(C)C)cc4)c4cccnc43)CC=C2)cc2c1CCNC2. The van der Waals surface area contributed by atoms with Crippen LogP contribution in [0.4, 0.5) is 0 Å². The van der Waals surface area contributed by atoms with Crippen molar-refractivity contribution in [3.63, 3.8) is 0 Å². The molecule has 1 N–H and O–H groups in total. The van der Waals surface area contributed by atoms with Crippen LogP contribution in [-0.4, -0.2) is 60.7 Å². The minimum Gasteiger partial charge on any atom is -0.496 e. The van der Waals surface area contributed by atoms with Crippen molar-refractivity contribution in [3.05, 3.63) is 101 Å². The van der Waals surface area contributed by atoms with E-state index in [1.54, 1.807) is 58.7 Å². The number of fused-ring (bicyclic) bond motifs is 2. The van der Waals surface area contributed by atoms with E-state index < -0.39 is 14.8 Å². The van der Waals surface area contributed by atoms with E-state index >= 15 is 0 Å². The standard InChI is InChI=1S/C33H34N4O4S/c1-33(14-5-7-24(19-33)25-17-26-20-34-16-13-27(26)30(18-25)41-4)42(39,40)37-21-29(28-8-6-15-35-31(28)37)22-9-11-23(12-10-22)32(38)36(2)3/h5-12,15,17-19,21,34H,13-14,16,20H2,1-4H3. The molecule has 0 fully saturated rings. The maximum atomic E-state index is 14.5. The summed E-state index contributed by atoms with van der Waals surface area (Å²) >= 11 is 0. The molecule has 6 rings (SSSR count). The number of benzene rings is 2. The van der Waals surface area contributed by atoms with Gasteiger partial charge in [-0.25, -0.2) is 17.4 Å². The molecule has 1 unspecified atom stereocenters. The average molecular weight is 583 g/mol. The Kier molecular flexibility index (Phi) is 7.03. The number of rotatable bonds is 6. The van der Waals surface area contributed by atoms with E-state index in [9.17, 15) is 13.2 Å². The second-order valence-corrected chi connectivity index (χ2v) is 13.5. The lowest BCUT2D eigenvalue weighted by atomic mass is 9.89. The van der Waals surface area contributed by atoms with Crippen LogP contribution in [0, 0.1) is 0 Å². The van der Waals surface area contributed by atoms with Gasteiger partial charge < -0.3 is 15.0 Å². The van der Waals surface area contributed by atoms with Crippen LogP contribution in [0.1, 0.15) is 40.4 Å². The zero-order valence-corrected chi connectivity index (χ0v) is 25.0. The molecule has 2 aromatic heterocycles. The molecule has 0 spiro atoms. The summed E-state index contributed by atoms with van der Waals surface area (Å²) in [5.41, 5.74) is 6.60. The molecule has 1 atom stereocenters. The molecule has 1 amide bonds. The highest BCUT2D eigenvalue weighted by atomic mass is 32.2. The highest BCUT2D eigenvalue weighted by Crippen LogP contribution is 2.39. The van der Waals surface area contributed by atoms with Gasteiger partial charge in [-0.1, -0.05) is 30.4 Å². The summed E-state index contributed by atoms with van der Waals surface area (Å²) in [6, 6.07) is 15.0. The van der Waals surface area contributed by atoms with Gasteiger partial charge in [0.25, 0.3) is 5.91 Å². The Morgan fingerprint density at radius 3 is 2.64 bits per heavy atom. The Morgan fingerprint density at radius 2 is 1.90 bits per heavy atom. The summed E-state index contributed by atoms with van der Waals surface area (Å²) in [4.78, 5) is 18.4. The molecule has 3 heterocycles. The smallest absolute Gasteiger partial charge is 0.253 e. The molecule has 216 valence electrons. The van der Waals surface area contributed by atoms with Crippen molar-refractivity contribution in [2.24, 2.45) is 0 Å². The number of carbonyl (C=O) groups excluding carboxylic acids is 1. The molecule has 1 aliphatic heterocycles. The van der Waals surface area contributed by atoms with Gasteiger partial charge in [0.05, 0.1) is 7.11 Å². The first-order valence-electron chi connectivity index (χ1n) is 14.0. The Morgan fingerprint density at radius 1 is 1.12 bits per heavy atom. The van der Waals surface area contributed by atoms with Crippen LogP contribution in [-0.2, 0) is 23.0 Å². The molecule has 8 nitrogen and oxygen atoms in total. The summed E-state index contributed by atoms with van der Waals surface area (Å²) in [5, 5.41) is 4.13. The number of allylic oxidation sites excluding steroid dienone is 3. The first kappa shape index (κ1) is 27.9. The summed E-state index contributed by atoms with van der Waals surface area (Å²) in [7, 11) is 1.13. The molecule has 1 aliphatic carbocycles. The number of nitrogens with zero attached hydrogens (tertiary/aromatic N) is 3. The zero-order valence-electron chi connectivity index (χ0n) is 24.2. The van der Waals surface area contributed by atoms with Crippen LogP contribution >= 0.6 is 0 Å². The number of methoxy groups -OCH3 is 1. The predicted octanol–water partition coefficient (Wildman–Crippen LogP) is 5.04. The first-order chi connectivity index (χ1) is 20.1. The van der Waals surface area contributed by atoms with Crippen LogP contribution in [0.2, 0.25) is 0 Å². The normalized spacial score (nSPS) is 18.4. The second-order valence-electron chi connectivity index (χ2n) is 11.3. The number of ether oxygens (including phenoxy) is 1. The van der Waals surface area contributed by atoms with Crippen LogP contribution in [0.25, 0.3) is 27.7 Å². The molecular weight excluding hydrogens is 548 g/mol. The van der Waals surface area contributed by atoms with Gasteiger partial charge in [-0.3, -0.25) is 4.79 Å². The van der Waals surface area contributed by atoms with Crippen molar-refractivity contribution in [1.29, 1.82) is 0 Å². The molecule has 42 heavy (non-hydrogen) atoms. The van der Waals surface area contributed by atoms with E-state index in [1.165, 1.54) is 20.0 Å². The molecule has 4 aromatic rings. The van der Waals surface area contributed by atoms with Gasteiger partial charge in [0.2, 0.25) is 10.0 Å². The van der Waals surface area contributed by atoms with E-state index in [2.05, 4.69) is 16.4 Å². The minimum atomic E-state index is -3.96. The third-order valence-corrected chi connectivity index (χ3v) is 10.5. The van der Waals surface area contributed by atoms with Crippen molar-refractivity contribution in [3.8, 4) is 16.9 Å². The maximum absolute atomic E-state index is 14.5. The monoisotopic (exact) mass is 582 g/mol. The highest BCUT2D eigenvalue weighted by molar-refractivity contribution is 7.91. The van der Waals surface area contributed by atoms with E-state index in [0.29, 0.717) is 17.6 Å². The number of nitrogens with one attached hydrogen (secondary N) is 1. The quantitative estimate of drug-likeness (QED) is 0.343. The largest absolute Gasteiger partial charge is 0.496 e. The van der Waals surface area contributed by atoms with Crippen LogP contribution in [0.5, 0.6) is 5.75 Å². The van der Waals surface area contributed by atoms with Crippen molar-refractivity contribution < 1.29 is 17.9 Å². The average Bonchev–Trinajstić information content (AvgIpc) is 3.40. The van der Waals surface area contributed by atoms with Gasteiger partial charge in [0.1, 0.15) is 10.5 Å². The topological polar surface area (TPSA) is 93.5 Å². The number of hydrogen-bond acceptors (Lipinski definition) is 6. The Labute approximate surface area is 246 Å². The number of carbonyl (C=O) groups is 1. The van der Waals surface area contributed by atoms with Crippen molar-refractivity contribution in [1.82, 2.24) is 19.2 Å². The summed E-state index contributed by atoms with van der Waals surface area (Å²) < 4.78 is 34.8. The Bertz CT molecular complexity index is 1850. The van der Waals surface area contributed by atoms with Crippen molar-refractivity contribution in [2.75, 3.05) is 27.7 Å². The lowest BCUT2D eigenvalue weighted by Gasteiger charge is -2.29. The Balaban J connectivity index is 1.43. The van der Waals surface area contributed by atoms with Crippen LogP contribution in [0.3, 0.4) is 0 Å².